The molecule has 0 bridgehead atoms. The summed E-state index contributed by atoms with van der Waals surface area (Å²) >= 11 is 0. The normalized spacial score (nSPS) is 24.8. The average Bonchev–Trinajstić information content (AvgIpc) is 3.07. The van der Waals surface area contributed by atoms with Crippen LogP contribution in [0.15, 0.2) is 24.3 Å². The van der Waals surface area contributed by atoms with Gasteiger partial charge in [0, 0.05) is 19.7 Å². The van der Waals surface area contributed by atoms with Gasteiger partial charge < -0.3 is 15.0 Å². The molecular formula is C16H17F3N2O3. The number of piperazine rings is 1. The number of hydrogen-bond acceptors (Lipinski definition) is 3. The van der Waals surface area contributed by atoms with E-state index in [0.29, 0.717) is 13.0 Å². The largest absolute Gasteiger partial charge is 0.416 e. The number of halogens is 3. The summed E-state index contributed by atoms with van der Waals surface area (Å²) in [7, 11) is 0. The van der Waals surface area contributed by atoms with E-state index in [1.54, 1.807) is 0 Å². The van der Waals surface area contributed by atoms with Crippen LogP contribution in [0.3, 0.4) is 0 Å². The molecule has 0 unspecified atom stereocenters. The van der Waals surface area contributed by atoms with Crippen molar-refractivity contribution in [2.45, 2.75) is 18.6 Å². The van der Waals surface area contributed by atoms with Crippen LogP contribution in [-0.4, -0.2) is 43.0 Å². The molecule has 3 rings (SSSR count). The first kappa shape index (κ1) is 16.8. The van der Waals surface area contributed by atoms with E-state index in [1.807, 2.05) is 0 Å². The van der Waals surface area contributed by atoms with Gasteiger partial charge in [0.25, 0.3) is 0 Å². The minimum Gasteiger partial charge on any atom is -0.381 e. The van der Waals surface area contributed by atoms with Crippen LogP contribution < -0.4 is 5.32 Å². The number of amides is 2. The van der Waals surface area contributed by atoms with Crippen molar-refractivity contribution in [3.8, 4) is 0 Å². The van der Waals surface area contributed by atoms with Crippen LogP contribution in [0, 0.1) is 5.92 Å². The lowest BCUT2D eigenvalue weighted by molar-refractivity contribution is -0.149. The second-order valence-electron chi connectivity index (χ2n) is 5.87. The van der Waals surface area contributed by atoms with Crippen LogP contribution in [0.2, 0.25) is 0 Å². The van der Waals surface area contributed by atoms with Crippen LogP contribution in [-0.2, 0) is 20.5 Å². The number of rotatable bonds is 2. The number of ether oxygens (including phenoxy) is 1. The smallest absolute Gasteiger partial charge is 0.381 e. The van der Waals surface area contributed by atoms with Crippen molar-refractivity contribution < 1.29 is 27.5 Å². The summed E-state index contributed by atoms with van der Waals surface area (Å²) in [4.78, 5) is 26.2. The molecule has 24 heavy (non-hydrogen) atoms. The number of nitrogens with one attached hydrogen (secondary N) is 1. The fourth-order valence-electron chi connectivity index (χ4n) is 3.17. The molecule has 2 saturated heterocycles. The van der Waals surface area contributed by atoms with Gasteiger partial charge in [0.05, 0.1) is 18.1 Å². The molecule has 8 heteroatoms. The molecule has 0 aromatic heterocycles. The molecule has 1 N–H and O–H groups in total. The van der Waals surface area contributed by atoms with Gasteiger partial charge in [-0.1, -0.05) is 18.2 Å². The topological polar surface area (TPSA) is 58.6 Å². The van der Waals surface area contributed by atoms with Crippen molar-refractivity contribution in [3.05, 3.63) is 35.4 Å². The van der Waals surface area contributed by atoms with E-state index >= 15 is 0 Å². The van der Waals surface area contributed by atoms with Crippen LogP contribution >= 0.6 is 0 Å². The molecule has 0 spiro atoms. The summed E-state index contributed by atoms with van der Waals surface area (Å²) in [5, 5.41) is 2.55. The van der Waals surface area contributed by atoms with Gasteiger partial charge in [0.1, 0.15) is 6.04 Å². The number of carbonyl (C=O) groups excluding carboxylic acids is 2. The second kappa shape index (κ2) is 6.43. The van der Waals surface area contributed by atoms with E-state index in [2.05, 4.69) is 5.32 Å². The average molecular weight is 342 g/mol. The van der Waals surface area contributed by atoms with E-state index in [0.717, 1.165) is 6.07 Å². The molecule has 130 valence electrons. The van der Waals surface area contributed by atoms with Gasteiger partial charge in [-0.2, -0.15) is 13.2 Å². The van der Waals surface area contributed by atoms with E-state index < -0.39 is 29.6 Å². The Morgan fingerprint density at radius 2 is 2.04 bits per heavy atom. The van der Waals surface area contributed by atoms with Crippen LogP contribution in [0.4, 0.5) is 13.2 Å². The van der Waals surface area contributed by atoms with Crippen molar-refractivity contribution in [2.75, 3.05) is 26.3 Å². The molecule has 2 amide bonds. The predicted octanol–water partition coefficient (Wildman–Crippen LogP) is 1.74. The highest BCUT2D eigenvalue weighted by Gasteiger charge is 2.43. The first-order valence-corrected chi connectivity index (χ1v) is 7.71. The second-order valence-corrected chi connectivity index (χ2v) is 5.87. The first-order valence-electron chi connectivity index (χ1n) is 7.71. The predicted molar refractivity (Wildman–Crippen MR) is 77.8 cm³/mol. The summed E-state index contributed by atoms with van der Waals surface area (Å²) in [6.07, 6.45) is -4.08. The maximum absolute atomic E-state index is 13.3. The van der Waals surface area contributed by atoms with Crippen molar-refractivity contribution in [1.29, 1.82) is 0 Å². The molecule has 2 heterocycles. The molecule has 1 aromatic rings. The van der Waals surface area contributed by atoms with E-state index in [1.165, 1.54) is 23.1 Å². The van der Waals surface area contributed by atoms with Crippen LogP contribution in [0.5, 0.6) is 0 Å². The number of carbonyl (C=O) groups is 2. The quantitative estimate of drug-likeness (QED) is 0.891. The molecule has 1 aromatic carbocycles. The van der Waals surface area contributed by atoms with Crippen LogP contribution in [0.25, 0.3) is 0 Å². The Hall–Kier alpha value is -2.09. The van der Waals surface area contributed by atoms with Crippen molar-refractivity contribution in [3.63, 3.8) is 0 Å². The van der Waals surface area contributed by atoms with Crippen molar-refractivity contribution in [1.82, 2.24) is 10.2 Å². The van der Waals surface area contributed by atoms with Gasteiger partial charge in [-0.15, -0.1) is 0 Å². The number of nitrogens with zero attached hydrogens (tertiary/aromatic N) is 1. The Kier molecular flexibility index (Phi) is 4.49. The number of benzene rings is 1. The standard InChI is InChI=1S/C16H17F3N2O3/c17-16(18,19)12-4-2-1-3-11(12)13-14(22)20-6-7-21(13)15(23)10-5-8-24-9-10/h1-4,10,13H,5-9H2,(H,20,22)/t10-,13+/m1/s1. The van der Waals surface area contributed by atoms with Gasteiger partial charge in [-0.25, -0.2) is 0 Å². The lowest BCUT2D eigenvalue weighted by Crippen LogP contribution is -2.54. The third kappa shape index (κ3) is 3.10. The summed E-state index contributed by atoms with van der Waals surface area (Å²) in [6, 6.07) is 3.62. The zero-order chi connectivity index (χ0) is 17.3. The zero-order valence-electron chi connectivity index (χ0n) is 12.8. The van der Waals surface area contributed by atoms with Gasteiger partial charge in [0.2, 0.25) is 11.8 Å². The molecular weight excluding hydrogens is 325 g/mol. The SMILES string of the molecule is O=C1NCCN(C(=O)[C@@H]2CCOC2)[C@H]1c1ccccc1C(F)(F)F. The molecule has 2 aliphatic rings. The molecule has 2 fully saturated rings. The summed E-state index contributed by atoms with van der Waals surface area (Å²) < 4.78 is 45.1. The Morgan fingerprint density at radius 3 is 2.71 bits per heavy atom. The third-order valence-corrected chi connectivity index (χ3v) is 4.33. The molecule has 0 radical (unpaired) electrons. The molecule has 2 aliphatic heterocycles. The van der Waals surface area contributed by atoms with Crippen molar-refractivity contribution in [2.24, 2.45) is 5.92 Å². The molecule has 0 aliphatic carbocycles. The lowest BCUT2D eigenvalue weighted by atomic mass is 9.95. The summed E-state index contributed by atoms with van der Waals surface area (Å²) in [5.74, 6) is -1.33. The number of hydrogen-bond donors (Lipinski definition) is 1. The van der Waals surface area contributed by atoms with Gasteiger partial charge in [-0.3, -0.25) is 9.59 Å². The molecule has 2 atom stereocenters. The summed E-state index contributed by atoms with van der Waals surface area (Å²) in [5.41, 5.74) is -1.10. The van der Waals surface area contributed by atoms with Crippen LogP contribution in [0.1, 0.15) is 23.6 Å². The van der Waals surface area contributed by atoms with Gasteiger partial charge in [0.15, 0.2) is 0 Å². The Morgan fingerprint density at radius 1 is 1.29 bits per heavy atom. The Balaban J connectivity index is 1.99. The van der Waals surface area contributed by atoms with Crippen molar-refractivity contribution >= 4 is 11.8 Å². The fraction of sp³-hybridized carbons (Fsp3) is 0.500. The van der Waals surface area contributed by atoms with E-state index in [9.17, 15) is 22.8 Å². The fourth-order valence-corrected chi connectivity index (χ4v) is 3.17. The highest BCUT2D eigenvalue weighted by Crippen LogP contribution is 2.37. The maximum atomic E-state index is 13.3. The van der Waals surface area contributed by atoms with Gasteiger partial charge >= 0.3 is 6.18 Å². The first-order chi connectivity index (χ1) is 11.4. The Bertz CT molecular complexity index is 642. The highest BCUT2D eigenvalue weighted by atomic mass is 19.4. The minimum absolute atomic E-state index is 0.179. The van der Waals surface area contributed by atoms with E-state index in [4.69, 9.17) is 4.74 Å². The Labute approximate surface area is 136 Å². The molecule has 0 saturated carbocycles. The maximum Gasteiger partial charge on any atom is 0.416 e. The van der Waals surface area contributed by atoms with E-state index in [-0.39, 0.29) is 31.2 Å². The lowest BCUT2D eigenvalue weighted by Gasteiger charge is -2.37. The summed E-state index contributed by atoms with van der Waals surface area (Å²) in [6.45, 7) is 1.09. The minimum atomic E-state index is -4.60. The highest BCUT2D eigenvalue weighted by molar-refractivity contribution is 5.91. The van der Waals surface area contributed by atoms with Gasteiger partial charge in [-0.05, 0) is 18.1 Å². The zero-order valence-corrected chi connectivity index (χ0v) is 12.8. The monoisotopic (exact) mass is 342 g/mol. The third-order valence-electron chi connectivity index (χ3n) is 4.33. The molecule has 5 nitrogen and oxygen atoms in total. The number of alkyl halides is 3.